The van der Waals surface area contributed by atoms with Gasteiger partial charge in [-0.3, -0.25) is 9.52 Å². The summed E-state index contributed by atoms with van der Waals surface area (Å²) in [5.74, 6) is -0.267. The number of thiazole rings is 1. The molecule has 2 aromatic rings. The van der Waals surface area contributed by atoms with E-state index in [1.807, 2.05) is 0 Å². The summed E-state index contributed by atoms with van der Waals surface area (Å²) in [6.07, 6.45) is 2.38. The maximum atomic E-state index is 12.5. The maximum absolute atomic E-state index is 12.5. The topological polar surface area (TPSA) is 85.4 Å². The van der Waals surface area contributed by atoms with Crippen LogP contribution in [0.2, 0.25) is 5.02 Å². The highest BCUT2D eigenvalue weighted by Crippen LogP contribution is 2.26. The van der Waals surface area contributed by atoms with Gasteiger partial charge in [-0.25, -0.2) is 13.4 Å². The number of carbonyl (C=O) groups excluding carboxylic acids is 1. The number of rotatable bonds is 7. The van der Waals surface area contributed by atoms with Crippen LogP contribution < -0.4 is 4.72 Å². The molecule has 1 aromatic carbocycles. The number of esters is 1. The molecule has 0 fully saturated rings. The molecule has 0 saturated carbocycles. The van der Waals surface area contributed by atoms with E-state index in [0.717, 1.165) is 4.88 Å². The number of anilines is 1. The Morgan fingerprint density at radius 3 is 2.88 bits per heavy atom. The predicted molar refractivity (Wildman–Crippen MR) is 94.1 cm³/mol. The molecular formula is C15H17ClN2O4S2. The van der Waals surface area contributed by atoms with Gasteiger partial charge in [0.05, 0.1) is 11.5 Å². The lowest BCUT2D eigenvalue weighted by molar-refractivity contribution is -0.143. The van der Waals surface area contributed by atoms with E-state index >= 15 is 0 Å². The zero-order valence-corrected chi connectivity index (χ0v) is 15.6. The van der Waals surface area contributed by atoms with Crippen molar-refractivity contribution in [3.05, 3.63) is 39.9 Å². The Balaban J connectivity index is 2.06. The lowest BCUT2D eigenvalue weighted by Crippen LogP contribution is -2.14. The molecule has 0 aliphatic heterocycles. The van der Waals surface area contributed by atoms with Gasteiger partial charge >= 0.3 is 5.97 Å². The first-order valence-corrected chi connectivity index (χ1v) is 9.89. The SMILES string of the molecule is CCC(=O)OCCc1cnc(NS(=O)(=O)c2cccc(Cl)c2C)s1. The number of nitrogens with one attached hydrogen (secondary N) is 1. The van der Waals surface area contributed by atoms with Gasteiger partial charge < -0.3 is 4.74 Å². The molecule has 24 heavy (non-hydrogen) atoms. The molecule has 0 aliphatic carbocycles. The Kier molecular flexibility index (Phi) is 6.20. The van der Waals surface area contributed by atoms with E-state index in [1.54, 1.807) is 32.2 Å². The lowest BCUT2D eigenvalue weighted by atomic mass is 10.2. The third kappa shape index (κ3) is 4.68. The summed E-state index contributed by atoms with van der Waals surface area (Å²) in [4.78, 5) is 16.1. The molecular weight excluding hydrogens is 372 g/mol. The Morgan fingerprint density at radius 2 is 2.17 bits per heavy atom. The molecule has 0 bridgehead atoms. The van der Waals surface area contributed by atoms with Gasteiger partial charge in [0.2, 0.25) is 0 Å². The molecule has 0 aliphatic rings. The molecule has 2 rings (SSSR count). The van der Waals surface area contributed by atoms with Crippen LogP contribution in [0.3, 0.4) is 0 Å². The number of hydrogen-bond donors (Lipinski definition) is 1. The molecule has 0 unspecified atom stereocenters. The van der Waals surface area contributed by atoms with E-state index in [2.05, 4.69) is 9.71 Å². The molecule has 0 amide bonds. The summed E-state index contributed by atoms with van der Waals surface area (Å²) in [5.41, 5.74) is 0.481. The Hall–Kier alpha value is -1.64. The van der Waals surface area contributed by atoms with Crippen molar-refractivity contribution in [1.82, 2.24) is 4.98 Å². The van der Waals surface area contributed by atoms with Crippen molar-refractivity contribution in [2.24, 2.45) is 0 Å². The Morgan fingerprint density at radius 1 is 1.42 bits per heavy atom. The summed E-state index contributed by atoms with van der Waals surface area (Å²) in [6, 6.07) is 4.70. The van der Waals surface area contributed by atoms with E-state index in [4.69, 9.17) is 16.3 Å². The second-order valence-corrected chi connectivity index (χ2v) is 8.10. The predicted octanol–water partition coefficient (Wildman–Crippen LogP) is 3.40. The van der Waals surface area contributed by atoms with Crippen molar-refractivity contribution in [3.8, 4) is 0 Å². The molecule has 130 valence electrons. The normalized spacial score (nSPS) is 11.3. The number of aromatic nitrogens is 1. The second kappa shape index (κ2) is 7.96. The van der Waals surface area contributed by atoms with Crippen LogP contribution in [0.4, 0.5) is 5.13 Å². The van der Waals surface area contributed by atoms with Crippen molar-refractivity contribution in [2.75, 3.05) is 11.3 Å². The molecule has 6 nitrogen and oxygen atoms in total. The average molecular weight is 389 g/mol. The maximum Gasteiger partial charge on any atom is 0.305 e. The smallest absolute Gasteiger partial charge is 0.305 e. The van der Waals surface area contributed by atoms with Gasteiger partial charge in [0, 0.05) is 28.9 Å². The minimum Gasteiger partial charge on any atom is -0.465 e. The third-order valence-corrected chi connectivity index (χ3v) is 6.18. The monoisotopic (exact) mass is 388 g/mol. The van der Waals surface area contributed by atoms with Gasteiger partial charge in [0.1, 0.15) is 0 Å². The van der Waals surface area contributed by atoms with Gasteiger partial charge in [0.25, 0.3) is 10.0 Å². The summed E-state index contributed by atoms with van der Waals surface area (Å²) in [6.45, 7) is 3.61. The van der Waals surface area contributed by atoms with Crippen LogP contribution in [-0.2, 0) is 26.0 Å². The summed E-state index contributed by atoms with van der Waals surface area (Å²) >= 11 is 7.17. The van der Waals surface area contributed by atoms with E-state index in [1.165, 1.54) is 17.4 Å². The lowest BCUT2D eigenvalue weighted by Gasteiger charge is -2.09. The number of hydrogen-bond acceptors (Lipinski definition) is 6. The van der Waals surface area contributed by atoms with Crippen LogP contribution in [0.15, 0.2) is 29.3 Å². The summed E-state index contributed by atoms with van der Waals surface area (Å²) in [5, 5.41) is 0.640. The fraction of sp³-hybridized carbons (Fsp3) is 0.333. The van der Waals surface area contributed by atoms with E-state index < -0.39 is 10.0 Å². The number of ether oxygens (including phenoxy) is 1. The standard InChI is InChI=1S/C15H17ClN2O4S2/c1-3-14(19)22-8-7-11-9-17-15(23-11)18-24(20,21)13-6-4-5-12(16)10(13)2/h4-6,9H,3,7-8H2,1-2H3,(H,17,18). The largest absolute Gasteiger partial charge is 0.465 e. The van der Waals surface area contributed by atoms with E-state index in [0.29, 0.717) is 23.4 Å². The van der Waals surface area contributed by atoms with Crippen LogP contribution in [0, 0.1) is 6.92 Å². The molecule has 9 heteroatoms. The highest BCUT2D eigenvalue weighted by molar-refractivity contribution is 7.93. The second-order valence-electron chi connectivity index (χ2n) is 4.92. The van der Waals surface area contributed by atoms with Crippen molar-refractivity contribution in [3.63, 3.8) is 0 Å². The highest BCUT2D eigenvalue weighted by atomic mass is 35.5. The van der Waals surface area contributed by atoms with Gasteiger partial charge in [-0.2, -0.15) is 0 Å². The quantitative estimate of drug-likeness (QED) is 0.734. The van der Waals surface area contributed by atoms with Crippen LogP contribution >= 0.6 is 22.9 Å². The first-order chi connectivity index (χ1) is 11.3. The number of sulfonamides is 1. The molecule has 1 heterocycles. The van der Waals surface area contributed by atoms with Gasteiger partial charge in [-0.05, 0) is 24.6 Å². The van der Waals surface area contributed by atoms with Crippen LogP contribution in [-0.4, -0.2) is 26.0 Å². The molecule has 1 aromatic heterocycles. The van der Waals surface area contributed by atoms with Gasteiger partial charge in [-0.15, -0.1) is 11.3 Å². The molecule has 0 radical (unpaired) electrons. The van der Waals surface area contributed by atoms with Crippen LogP contribution in [0.1, 0.15) is 23.8 Å². The van der Waals surface area contributed by atoms with Crippen molar-refractivity contribution in [1.29, 1.82) is 0 Å². The number of benzene rings is 1. The van der Waals surface area contributed by atoms with Crippen LogP contribution in [0.25, 0.3) is 0 Å². The number of nitrogens with zero attached hydrogens (tertiary/aromatic N) is 1. The van der Waals surface area contributed by atoms with Crippen molar-refractivity contribution < 1.29 is 17.9 Å². The minimum atomic E-state index is -3.76. The average Bonchev–Trinajstić information content (AvgIpc) is 2.96. The number of halogens is 1. The molecule has 0 spiro atoms. The molecule has 0 atom stereocenters. The number of carbonyl (C=O) groups is 1. The zero-order valence-electron chi connectivity index (χ0n) is 13.2. The first-order valence-electron chi connectivity index (χ1n) is 7.21. The van der Waals surface area contributed by atoms with E-state index in [9.17, 15) is 13.2 Å². The minimum absolute atomic E-state index is 0.114. The summed E-state index contributed by atoms with van der Waals surface area (Å²) < 4.78 is 32.3. The molecule has 0 saturated heterocycles. The van der Waals surface area contributed by atoms with Gasteiger partial charge in [0.15, 0.2) is 5.13 Å². The Labute approximate surface area is 149 Å². The highest BCUT2D eigenvalue weighted by Gasteiger charge is 2.19. The van der Waals surface area contributed by atoms with Gasteiger partial charge in [-0.1, -0.05) is 24.6 Å². The first kappa shape index (κ1) is 18.7. The fourth-order valence-corrected chi connectivity index (χ4v) is 4.42. The van der Waals surface area contributed by atoms with Crippen LogP contribution in [0.5, 0.6) is 0 Å². The Bertz CT molecular complexity index is 834. The summed E-state index contributed by atoms with van der Waals surface area (Å²) in [7, 11) is -3.76. The van der Waals surface area contributed by atoms with Crippen molar-refractivity contribution in [2.45, 2.75) is 31.6 Å². The fourth-order valence-electron chi connectivity index (χ4n) is 1.89. The van der Waals surface area contributed by atoms with Crippen molar-refractivity contribution >= 4 is 44.1 Å². The molecule has 1 N–H and O–H groups in total. The zero-order chi connectivity index (χ0) is 17.7. The third-order valence-electron chi connectivity index (χ3n) is 3.18. The van der Waals surface area contributed by atoms with E-state index in [-0.39, 0.29) is 22.6 Å².